The molecule has 10 heteroatoms. The van der Waals surface area contributed by atoms with Gasteiger partial charge in [0.05, 0.1) is 10.8 Å². The first kappa shape index (κ1) is 15.2. The molecule has 20 heavy (non-hydrogen) atoms. The van der Waals surface area contributed by atoms with Crippen molar-refractivity contribution in [1.82, 2.24) is 10.2 Å². The van der Waals surface area contributed by atoms with Gasteiger partial charge in [-0.2, -0.15) is 0 Å². The number of carbonyl (C=O) groups is 2. The molecule has 0 saturated carbocycles. The average Bonchev–Trinajstić information content (AvgIpc) is 2.95. The summed E-state index contributed by atoms with van der Waals surface area (Å²) in [6, 6.07) is 0. The molecule has 0 spiro atoms. The fourth-order valence-corrected chi connectivity index (χ4v) is 3.82. The Morgan fingerprint density at radius 1 is 1.50 bits per heavy atom. The molecular weight excluding hydrogens is 342 g/mol. The van der Waals surface area contributed by atoms with Crippen LogP contribution >= 0.6 is 46.0 Å². The molecule has 2 aromatic heterocycles. The van der Waals surface area contributed by atoms with Crippen LogP contribution in [0.1, 0.15) is 15.2 Å². The van der Waals surface area contributed by atoms with Gasteiger partial charge in [-0.15, -0.1) is 21.5 Å². The predicted octanol–water partition coefficient (Wildman–Crippen LogP) is 2.99. The zero-order chi connectivity index (χ0) is 14.7. The van der Waals surface area contributed by atoms with Gasteiger partial charge in [-0.25, -0.2) is 0 Å². The number of rotatable bonds is 5. The van der Waals surface area contributed by atoms with Gasteiger partial charge in [0, 0.05) is 0 Å². The van der Waals surface area contributed by atoms with E-state index in [0.29, 0.717) is 19.4 Å². The van der Waals surface area contributed by atoms with Crippen molar-refractivity contribution >= 4 is 63.0 Å². The Morgan fingerprint density at radius 2 is 2.25 bits per heavy atom. The Hall–Kier alpha value is -1.16. The van der Waals surface area contributed by atoms with Crippen molar-refractivity contribution in [2.24, 2.45) is 0 Å². The minimum Gasteiger partial charge on any atom is -0.481 e. The molecule has 0 atom stereocenters. The summed E-state index contributed by atoms with van der Waals surface area (Å²) < 4.78 is 0.483. The van der Waals surface area contributed by atoms with E-state index >= 15 is 0 Å². The van der Waals surface area contributed by atoms with Crippen LogP contribution in [0, 0.1) is 6.92 Å². The fraction of sp³-hybridized carbons (Fsp3) is 0.200. The number of amides is 1. The summed E-state index contributed by atoms with van der Waals surface area (Å²) in [5.41, 5.74) is 0.844. The number of hydrogen-bond donors (Lipinski definition) is 2. The van der Waals surface area contributed by atoms with Crippen LogP contribution < -0.4 is 5.32 Å². The third kappa shape index (κ3) is 3.69. The highest BCUT2D eigenvalue weighted by molar-refractivity contribution is 8.01. The number of aromatic nitrogens is 2. The lowest BCUT2D eigenvalue weighted by atomic mass is 10.3. The molecule has 0 aromatic carbocycles. The summed E-state index contributed by atoms with van der Waals surface area (Å²) in [6.45, 7) is 1.82. The Labute approximate surface area is 131 Å². The van der Waals surface area contributed by atoms with E-state index in [1.54, 1.807) is 5.38 Å². The van der Waals surface area contributed by atoms with Crippen LogP contribution in [0.3, 0.4) is 0 Å². The maximum Gasteiger partial charge on any atom is 0.313 e. The number of thiophene rings is 1. The van der Waals surface area contributed by atoms with Crippen LogP contribution in [0.2, 0.25) is 5.02 Å². The molecule has 0 unspecified atom stereocenters. The number of thioether (sulfide) groups is 1. The highest BCUT2D eigenvalue weighted by atomic mass is 35.5. The standard InChI is InChI=1S/C10H8ClN3O3S3/c1-4-2-18-7(6(4)11)8(17)12-9-13-14-10(20-9)19-3-5(15)16/h2H,3H2,1H3,(H,15,16)(H,12,13,17). The lowest BCUT2D eigenvalue weighted by Gasteiger charge is -1.98. The normalized spacial score (nSPS) is 10.5. The van der Waals surface area contributed by atoms with E-state index in [4.69, 9.17) is 16.7 Å². The summed E-state index contributed by atoms with van der Waals surface area (Å²) in [7, 11) is 0. The predicted molar refractivity (Wildman–Crippen MR) is 80.3 cm³/mol. The Balaban J connectivity index is 2.01. The maximum absolute atomic E-state index is 12.0. The molecule has 6 nitrogen and oxygen atoms in total. The molecule has 2 heterocycles. The van der Waals surface area contributed by atoms with E-state index in [0.717, 1.165) is 28.7 Å². The highest BCUT2D eigenvalue weighted by Crippen LogP contribution is 2.29. The molecule has 2 rings (SSSR count). The Bertz CT molecular complexity index is 655. The summed E-state index contributed by atoms with van der Waals surface area (Å²) in [4.78, 5) is 22.8. The van der Waals surface area contributed by atoms with E-state index in [1.807, 2.05) is 6.92 Å². The van der Waals surface area contributed by atoms with Gasteiger partial charge in [-0.05, 0) is 17.9 Å². The van der Waals surface area contributed by atoms with Crippen LogP contribution in [0.5, 0.6) is 0 Å². The number of halogens is 1. The van der Waals surface area contributed by atoms with Crippen molar-refractivity contribution in [3.63, 3.8) is 0 Å². The molecule has 2 N–H and O–H groups in total. The van der Waals surface area contributed by atoms with Gasteiger partial charge in [-0.3, -0.25) is 14.9 Å². The molecule has 106 valence electrons. The fourth-order valence-electron chi connectivity index (χ4n) is 1.18. The summed E-state index contributed by atoms with van der Waals surface area (Å²) >= 11 is 9.43. The monoisotopic (exact) mass is 349 g/mol. The zero-order valence-corrected chi connectivity index (χ0v) is 13.3. The minimum atomic E-state index is -0.934. The number of hydrogen-bond acceptors (Lipinski definition) is 7. The number of nitrogens with one attached hydrogen (secondary N) is 1. The van der Waals surface area contributed by atoms with E-state index in [1.165, 1.54) is 11.3 Å². The molecule has 2 aromatic rings. The third-order valence-corrected chi connectivity index (χ3v) is 5.70. The highest BCUT2D eigenvalue weighted by Gasteiger charge is 2.16. The number of carboxylic acid groups (broad SMARTS) is 1. The number of carboxylic acids is 1. The largest absolute Gasteiger partial charge is 0.481 e. The Morgan fingerprint density at radius 3 is 2.85 bits per heavy atom. The molecule has 0 radical (unpaired) electrons. The lowest BCUT2D eigenvalue weighted by Crippen LogP contribution is -2.10. The second-order valence-electron chi connectivity index (χ2n) is 3.57. The van der Waals surface area contributed by atoms with Gasteiger partial charge < -0.3 is 5.11 Å². The van der Waals surface area contributed by atoms with Gasteiger partial charge in [-0.1, -0.05) is 34.7 Å². The first-order valence-corrected chi connectivity index (χ1v) is 8.26. The Kier molecular flexibility index (Phi) is 4.97. The van der Waals surface area contributed by atoms with Crippen molar-refractivity contribution < 1.29 is 14.7 Å². The number of aliphatic carboxylic acids is 1. The second kappa shape index (κ2) is 6.53. The molecule has 0 bridgehead atoms. The van der Waals surface area contributed by atoms with Gasteiger partial charge in [0.2, 0.25) is 5.13 Å². The third-order valence-electron chi connectivity index (χ3n) is 2.05. The molecule has 0 aliphatic carbocycles. The van der Waals surface area contributed by atoms with Crippen LogP contribution in [0.4, 0.5) is 5.13 Å². The summed E-state index contributed by atoms with van der Waals surface area (Å²) in [5.74, 6) is -1.38. The van der Waals surface area contributed by atoms with Crippen LogP contribution in [0.15, 0.2) is 9.72 Å². The summed E-state index contributed by atoms with van der Waals surface area (Å²) in [6.07, 6.45) is 0. The summed E-state index contributed by atoms with van der Waals surface area (Å²) in [5, 5.41) is 21.3. The SMILES string of the molecule is Cc1csc(C(=O)Nc2nnc(SCC(=O)O)s2)c1Cl. The molecule has 0 aliphatic heterocycles. The molecule has 0 fully saturated rings. The zero-order valence-electron chi connectivity index (χ0n) is 10.0. The quantitative estimate of drug-likeness (QED) is 0.636. The topological polar surface area (TPSA) is 92.2 Å². The van der Waals surface area contributed by atoms with E-state index in [2.05, 4.69) is 15.5 Å². The molecule has 0 aliphatic rings. The average molecular weight is 350 g/mol. The molecule has 1 amide bonds. The maximum atomic E-state index is 12.0. The van der Waals surface area contributed by atoms with Crippen molar-refractivity contribution in [2.75, 3.05) is 11.1 Å². The van der Waals surface area contributed by atoms with Crippen molar-refractivity contribution in [2.45, 2.75) is 11.3 Å². The first-order valence-electron chi connectivity index (χ1n) is 5.20. The van der Waals surface area contributed by atoms with E-state index in [9.17, 15) is 9.59 Å². The van der Waals surface area contributed by atoms with Gasteiger partial charge in [0.15, 0.2) is 4.34 Å². The van der Waals surface area contributed by atoms with Crippen molar-refractivity contribution in [3.8, 4) is 0 Å². The number of anilines is 1. The van der Waals surface area contributed by atoms with Gasteiger partial charge in [0.25, 0.3) is 5.91 Å². The van der Waals surface area contributed by atoms with E-state index in [-0.39, 0.29) is 11.7 Å². The molecule has 0 saturated heterocycles. The lowest BCUT2D eigenvalue weighted by molar-refractivity contribution is -0.133. The number of nitrogens with zero attached hydrogens (tertiary/aromatic N) is 2. The van der Waals surface area contributed by atoms with Crippen molar-refractivity contribution in [1.29, 1.82) is 0 Å². The smallest absolute Gasteiger partial charge is 0.313 e. The number of aryl methyl sites for hydroxylation is 1. The van der Waals surface area contributed by atoms with E-state index < -0.39 is 5.97 Å². The minimum absolute atomic E-state index is 0.0987. The van der Waals surface area contributed by atoms with Crippen molar-refractivity contribution in [3.05, 3.63) is 20.8 Å². The van der Waals surface area contributed by atoms with Gasteiger partial charge >= 0.3 is 5.97 Å². The van der Waals surface area contributed by atoms with Crippen LogP contribution in [-0.4, -0.2) is 32.9 Å². The van der Waals surface area contributed by atoms with Crippen LogP contribution in [0.25, 0.3) is 0 Å². The van der Waals surface area contributed by atoms with Crippen LogP contribution in [-0.2, 0) is 4.79 Å². The van der Waals surface area contributed by atoms with Gasteiger partial charge in [0.1, 0.15) is 4.88 Å². The first-order chi connectivity index (χ1) is 9.47. The second-order valence-corrected chi connectivity index (χ2v) is 7.03. The number of carbonyl (C=O) groups excluding carboxylic acids is 1. The molecular formula is C10H8ClN3O3S3.